The normalized spacial score (nSPS) is 10.4. The van der Waals surface area contributed by atoms with Gasteiger partial charge in [0.2, 0.25) is 0 Å². The second kappa shape index (κ2) is 6.56. The Balaban J connectivity index is 3.62. The quantitative estimate of drug-likeness (QED) is 0.465. The van der Waals surface area contributed by atoms with Crippen LogP contribution in [0, 0.1) is 0 Å². The second-order valence-corrected chi connectivity index (χ2v) is 2.55. The van der Waals surface area contributed by atoms with Crippen molar-refractivity contribution in [3.8, 4) is 0 Å². The zero-order valence-corrected chi connectivity index (χ0v) is 7.78. The van der Waals surface area contributed by atoms with Crippen molar-refractivity contribution in [2.24, 2.45) is 0 Å². The molecule has 0 amide bonds. The summed E-state index contributed by atoms with van der Waals surface area (Å²) in [6.07, 6.45) is -0.310. The largest absolute Gasteiger partial charge is 0.481 e. The van der Waals surface area contributed by atoms with E-state index in [9.17, 15) is 9.59 Å². The molecule has 13 heavy (non-hydrogen) atoms. The van der Waals surface area contributed by atoms with Gasteiger partial charge in [0.15, 0.2) is 6.29 Å². The molecule has 0 heterocycles. The molecule has 0 radical (unpaired) electrons. The van der Waals surface area contributed by atoms with E-state index in [0.29, 0.717) is 6.42 Å². The minimum atomic E-state index is -1.10. The summed E-state index contributed by atoms with van der Waals surface area (Å²) in [4.78, 5) is 21.0. The number of ether oxygens (including phenoxy) is 2. The van der Waals surface area contributed by atoms with Gasteiger partial charge in [0, 0.05) is 27.1 Å². The van der Waals surface area contributed by atoms with Crippen molar-refractivity contribution in [3.05, 3.63) is 0 Å². The minimum Gasteiger partial charge on any atom is -0.481 e. The first-order valence-electron chi connectivity index (χ1n) is 3.89. The van der Waals surface area contributed by atoms with Gasteiger partial charge in [-0.3, -0.25) is 9.59 Å². The first-order chi connectivity index (χ1) is 6.10. The average Bonchev–Trinajstić information content (AvgIpc) is 2.05. The molecule has 0 fully saturated rings. The lowest BCUT2D eigenvalue weighted by atomic mass is 10.1. The van der Waals surface area contributed by atoms with Gasteiger partial charge in [-0.1, -0.05) is 0 Å². The number of aliphatic carboxylic acids is 1. The zero-order chi connectivity index (χ0) is 10.3. The Morgan fingerprint density at radius 1 is 1.31 bits per heavy atom. The van der Waals surface area contributed by atoms with Gasteiger partial charge < -0.3 is 14.6 Å². The monoisotopic (exact) mass is 190 g/mol. The minimum absolute atomic E-state index is 0.165. The van der Waals surface area contributed by atoms with Crippen LogP contribution in [0.25, 0.3) is 0 Å². The highest BCUT2D eigenvalue weighted by Gasteiger charge is 2.11. The molecule has 0 aliphatic rings. The van der Waals surface area contributed by atoms with Gasteiger partial charge in [0.1, 0.15) is 12.2 Å². The maximum absolute atomic E-state index is 10.9. The van der Waals surface area contributed by atoms with Crippen molar-refractivity contribution < 1.29 is 24.2 Å². The Labute approximate surface area is 76.6 Å². The van der Waals surface area contributed by atoms with Gasteiger partial charge in [0.25, 0.3) is 0 Å². The van der Waals surface area contributed by atoms with Gasteiger partial charge in [-0.05, 0) is 0 Å². The van der Waals surface area contributed by atoms with Crippen LogP contribution in [-0.4, -0.2) is 37.4 Å². The molecule has 0 aromatic rings. The van der Waals surface area contributed by atoms with Gasteiger partial charge >= 0.3 is 5.97 Å². The van der Waals surface area contributed by atoms with Crippen molar-refractivity contribution in [1.29, 1.82) is 0 Å². The molecule has 0 spiro atoms. The van der Waals surface area contributed by atoms with Crippen LogP contribution in [0.1, 0.15) is 19.3 Å². The molecule has 0 rings (SSSR count). The Morgan fingerprint density at radius 2 is 1.85 bits per heavy atom. The van der Waals surface area contributed by atoms with E-state index in [0.717, 1.165) is 0 Å². The van der Waals surface area contributed by atoms with Gasteiger partial charge in [-0.2, -0.15) is 0 Å². The van der Waals surface area contributed by atoms with Crippen LogP contribution in [0.2, 0.25) is 0 Å². The van der Waals surface area contributed by atoms with E-state index in [1.807, 2.05) is 0 Å². The number of methoxy groups -OCH3 is 2. The summed E-state index contributed by atoms with van der Waals surface area (Å²) in [7, 11) is 2.94. The molecule has 0 aromatic heterocycles. The first-order valence-corrected chi connectivity index (χ1v) is 3.89. The van der Waals surface area contributed by atoms with E-state index in [-0.39, 0.29) is 12.2 Å². The fourth-order valence-electron chi connectivity index (χ4n) is 0.868. The number of hydrogen-bond donors (Lipinski definition) is 1. The predicted molar refractivity (Wildman–Crippen MR) is 44.3 cm³/mol. The number of carboxylic acid groups (broad SMARTS) is 1. The third kappa shape index (κ3) is 6.24. The van der Waals surface area contributed by atoms with Crippen LogP contribution < -0.4 is 0 Å². The molecule has 0 saturated heterocycles. The standard InChI is InChI=1S/C8H14O5/c1-12-8(13-2)4-3-6(9)5-7(10)11/h8H,3-5H2,1-2H3,(H,10,11). The summed E-state index contributed by atoms with van der Waals surface area (Å²) in [5.41, 5.74) is 0. The molecule has 1 N–H and O–H groups in total. The summed E-state index contributed by atoms with van der Waals surface area (Å²) < 4.78 is 9.67. The highest BCUT2D eigenvalue weighted by atomic mass is 16.7. The molecule has 0 bridgehead atoms. The van der Waals surface area contributed by atoms with Crippen molar-refractivity contribution >= 4 is 11.8 Å². The van der Waals surface area contributed by atoms with E-state index in [2.05, 4.69) is 0 Å². The van der Waals surface area contributed by atoms with Gasteiger partial charge in [-0.25, -0.2) is 0 Å². The average molecular weight is 190 g/mol. The van der Waals surface area contributed by atoms with E-state index in [1.165, 1.54) is 14.2 Å². The first kappa shape index (κ1) is 12.1. The summed E-state index contributed by atoms with van der Waals surface area (Å²) in [5, 5.41) is 8.28. The van der Waals surface area contributed by atoms with Crippen molar-refractivity contribution in [1.82, 2.24) is 0 Å². The number of carbonyl (C=O) groups is 2. The Kier molecular flexibility index (Phi) is 6.09. The summed E-state index contributed by atoms with van der Waals surface area (Å²) in [6, 6.07) is 0. The van der Waals surface area contributed by atoms with Crippen molar-refractivity contribution in [2.45, 2.75) is 25.6 Å². The Morgan fingerprint density at radius 3 is 2.23 bits per heavy atom. The molecule has 0 saturated carbocycles. The molecule has 0 atom stereocenters. The van der Waals surface area contributed by atoms with Crippen molar-refractivity contribution in [2.75, 3.05) is 14.2 Å². The fraction of sp³-hybridized carbons (Fsp3) is 0.750. The number of ketones is 1. The molecule has 5 nitrogen and oxygen atoms in total. The number of Topliss-reactive ketones (excluding diaryl/α,β-unsaturated/α-hetero) is 1. The van der Waals surface area contributed by atoms with E-state index >= 15 is 0 Å². The molecular weight excluding hydrogens is 176 g/mol. The zero-order valence-electron chi connectivity index (χ0n) is 7.78. The number of rotatable bonds is 7. The molecule has 0 aliphatic carbocycles. The predicted octanol–water partition coefficient (Wildman–Crippen LogP) is 0.429. The second-order valence-electron chi connectivity index (χ2n) is 2.55. The van der Waals surface area contributed by atoms with Crippen LogP contribution in [0.5, 0.6) is 0 Å². The van der Waals surface area contributed by atoms with Crippen molar-refractivity contribution in [3.63, 3.8) is 0 Å². The van der Waals surface area contributed by atoms with E-state index < -0.39 is 18.7 Å². The van der Waals surface area contributed by atoms with Crippen LogP contribution in [0.15, 0.2) is 0 Å². The fourth-order valence-corrected chi connectivity index (χ4v) is 0.868. The van der Waals surface area contributed by atoms with Gasteiger partial charge in [-0.15, -0.1) is 0 Å². The smallest absolute Gasteiger partial charge is 0.310 e. The summed E-state index contributed by atoms with van der Waals surface area (Å²) >= 11 is 0. The van der Waals surface area contributed by atoms with Crippen LogP contribution in [0.4, 0.5) is 0 Å². The van der Waals surface area contributed by atoms with Crippen LogP contribution in [0.3, 0.4) is 0 Å². The molecule has 0 aromatic carbocycles. The Bertz CT molecular complexity index is 173. The van der Waals surface area contributed by atoms with Crippen LogP contribution in [-0.2, 0) is 19.1 Å². The highest BCUT2D eigenvalue weighted by Crippen LogP contribution is 2.03. The molecule has 5 heteroatoms. The molecule has 76 valence electrons. The Hall–Kier alpha value is -0.940. The molecular formula is C8H14O5. The topological polar surface area (TPSA) is 72.8 Å². The highest BCUT2D eigenvalue weighted by molar-refractivity contribution is 5.94. The molecule has 0 aliphatic heterocycles. The lowest BCUT2D eigenvalue weighted by Crippen LogP contribution is -2.16. The number of carbonyl (C=O) groups excluding carboxylic acids is 1. The van der Waals surface area contributed by atoms with E-state index in [1.54, 1.807) is 0 Å². The maximum Gasteiger partial charge on any atom is 0.310 e. The van der Waals surface area contributed by atoms with Crippen LogP contribution >= 0.6 is 0 Å². The lowest BCUT2D eigenvalue weighted by Gasteiger charge is -2.11. The van der Waals surface area contributed by atoms with Gasteiger partial charge in [0.05, 0.1) is 0 Å². The third-order valence-corrected chi connectivity index (χ3v) is 1.53. The summed E-state index contributed by atoms with van der Waals surface area (Å²) in [6.45, 7) is 0. The third-order valence-electron chi connectivity index (χ3n) is 1.53. The summed E-state index contributed by atoms with van der Waals surface area (Å²) in [5.74, 6) is -1.41. The maximum atomic E-state index is 10.9. The number of carboxylic acids is 1. The number of hydrogen-bond acceptors (Lipinski definition) is 4. The van der Waals surface area contributed by atoms with E-state index in [4.69, 9.17) is 14.6 Å². The lowest BCUT2D eigenvalue weighted by molar-refractivity contribution is -0.141. The molecule has 0 unspecified atom stereocenters. The SMILES string of the molecule is COC(CCC(=O)CC(=O)O)OC.